The Balaban J connectivity index is 1.53. The van der Waals surface area contributed by atoms with Crippen LogP contribution in [-0.2, 0) is 6.54 Å². The molecule has 4 rings (SSSR count). The van der Waals surface area contributed by atoms with E-state index in [0.29, 0.717) is 32.6 Å². The van der Waals surface area contributed by atoms with Gasteiger partial charge in [-0.3, -0.25) is 9.88 Å². The van der Waals surface area contributed by atoms with Crippen LogP contribution in [0.3, 0.4) is 0 Å². The first-order chi connectivity index (χ1) is 11.6. The smallest absolute Gasteiger partial charge is 0.257 e. The van der Waals surface area contributed by atoms with Crippen molar-refractivity contribution in [1.82, 2.24) is 9.88 Å². The molecule has 2 saturated heterocycles. The SMILES string of the molecule is FC1(F)CCN(Cc2ccsc2)C[C@]12CCN(c1cccnc1)C2. The maximum atomic E-state index is 14.8. The third-order valence-electron chi connectivity index (χ3n) is 5.40. The quantitative estimate of drug-likeness (QED) is 0.838. The number of piperidine rings is 1. The van der Waals surface area contributed by atoms with Gasteiger partial charge in [-0.05, 0) is 40.9 Å². The van der Waals surface area contributed by atoms with Gasteiger partial charge in [-0.15, -0.1) is 0 Å². The number of alkyl halides is 2. The summed E-state index contributed by atoms with van der Waals surface area (Å²) in [6.07, 6.45) is 3.98. The van der Waals surface area contributed by atoms with Crippen molar-refractivity contribution in [2.45, 2.75) is 25.3 Å². The normalized spacial score (nSPS) is 27.0. The van der Waals surface area contributed by atoms with Crippen LogP contribution < -0.4 is 4.90 Å². The van der Waals surface area contributed by atoms with Gasteiger partial charge >= 0.3 is 0 Å². The van der Waals surface area contributed by atoms with Gasteiger partial charge in [0.05, 0.1) is 17.3 Å². The number of likely N-dealkylation sites (tertiary alicyclic amines) is 1. The van der Waals surface area contributed by atoms with E-state index in [-0.39, 0.29) is 6.42 Å². The minimum absolute atomic E-state index is 0.0436. The first-order valence-electron chi connectivity index (χ1n) is 8.34. The second-order valence-electron chi connectivity index (χ2n) is 6.96. The first kappa shape index (κ1) is 16.0. The number of rotatable bonds is 3. The standard InChI is InChI=1S/C18H21F2N3S/c19-18(20)5-7-22(11-15-3-9-24-12-15)13-17(18)4-8-23(14-17)16-2-1-6-21-10-16/h1-3,6,9-10,12H,4-5,7-8,11,13-14H2/t17-/m0/s1. The van der Waals surface area contributed by atoms with Crippen molar-refractivity contribution < 1.29 is 8.78 Å². The Morgan fingerprint density at radius 3 is 2.83 bits per heavy atom. The Hall–Kier alpha value is -1.53. The minimum atomic E-state index is -2.60. The third-order valence-corrected chi connectivity index (χ3v) is 6.13. The first-order valence-corrected chi connectivity index (χ1v) is 9.29. The molecule has 0 unspecified atom stereocenters. The number of hydrogen-bond donors (Lipinski definition) is 0. The van der Waals surface area contributed by atoms with Crippen molar-refractivity contribution in [3.8, 4) is 0 Å². The fourth-order valence-corrected chi connectivity index (χ4v) is 4.68. The molecule has 0 aliphatic carbocycles. The van der Waals surface area contributed by atoms with E-state index in [9.17, 15) is 8.78 Å². The highest BCUT2D eigenvalue weighted by molar-refractivity contribution is 7.07. The molecule has 128 valence electrons. The van der Waals surface area contributed by atoms with Gasteiger partial charge in [-0.2, -0.15) is 11.3 Å². The summed E-state index contributed by atoms with van der Waals surface area (Å²) in [5.74, 6) is -2.60. The average Bonchev–Trinajstić information content (AvgIpc) is 3.23. The zero-order valence-corrected chi connectivity index (χ0v) is 14.3. The zero-order valence-electron chi connectivity index (χ0n) is 13.5. The number of pyridine rings is 1. The molecule has 0 saturated carbocycles. The Morgan fingerprint density at radius 1 is 1.17 bits per heavy atom. The predicted octanol–water partition coefficient (Wildman–Crippen LogP) is 3.88. The van der Waals surface area contributed by atoms with Crippen molar-refractivity contribution in [3.63, 3.8) is 0 Å². The van der Waals surface area contributed by atoms with E-state index in [1.807, 2.05) is 17.5 Å². The molecule has 4 heterocycles. The van der Waals surface area contributed by atoms with E-state index in [0.717, 1.165) is 12.2 Å². The predicted molar refractivity (Wildman–Crippen MR) is 92.7 cm³/mol. The molecule has 2 aromatic rings. The summed E-state index contributed by atoms with van der Waals surface area (Å²) in [5.41, 5.74) is 1.22. The van der Waals surface area contributed by atoms with Crippen molar-refractivity contribution >= 4 is 17.0 Å². The Kier molecular flexibility index (Phi) is 4.04. The number of halogens is 2. The second kappa shape index (κ2) is 6.08. The molecule has 0 amide bonds. The maximum absolute atomic E-state index is 14.8. The van der Waals surface area contributed by atoms with Crippen molar-refractivity contribution in [2.75, 3.05) is 31.1 Å². The molecule has 24 heavy (non-hydrogen) atoms. The number of anilines is 1. The van der Waals surface area contributed by atoms with Crippen LogP contribution in [0.2, 0.25) is 0 Å². The van der Waals surface area contributed by atoms with Gasteiger partial charge in [0.2, 0.25) is 0 Å². The highest BCUT2D eigenvalue weighted by atomic mass is 32.1. The number of aromatic nitrogens is 1. The van der Waals surface area contributed by atoms with E-state index < -0.39 is 11.3 Å². The van der Waals surface area contributed by atoms with E-state index in [1.54, 1.807) is 23.7 Å². The molecule has 1 spiro atoms. The molecule has 2 aliphatic rings. The van der Waals surface area contributed by atoms with Gasteiger partial charge in [-0.25, -0.2) is 8.78 Å². The van der Waals surface area contributed by atoms with Crippen molar-refractivity contribution in [3.05, 3.63) is 46.9 Å². The number of nitrogens with zero attached hydrogens (tertiary/aromatic N) is 3. The molecule has 6 heteroatoms. The summed E-state index contributed by atoms with van der Waals surface area (Å²) in [5, 5.41) is 4.15. The van der Waals surface area contributed by atoms with Crippen LogP contribution in [0.5, 0.6) is 0 Å². The van der Waals surface area contributed by atoms with Gasteiger partial charge in [0, 0.05) is 45.3 Å². The van der Waals surface area contributed by atoms with Crippen LogP contribution in [-0.4, -0.2) is 42.0 Å². The van der Waals surface area contributed by atoms with Crippen LogP contribution in [0.15, 0.2) is 41.4 Å². The number of hydrogen-bond acceptors (Lipinski definition) is 4. The van der Waals surface area contributed by atoms with E-state index in [1.165, 1.54) is 5.56 Å². The van der Waals surface area contributed by atoms with E-state index >= 15 is 0 Å². The summed E-state index contributed by atoms with van der Waals surface area (Å²) in [4.78, 5) is 8.39. The fourth-order valence-electron chi connectivity index (χ4n) is 4.02. The lowest BCUT2D eigenvalue weighted by atomic mass is 9.75. The lowest BCUT2D eigenvalue weighted by Gasteiger charge is -2.46. The summed E-state index contributed by atoms with van der Waals surface area (Å²) in [6.45, 7) is 2.79. The van der Waals surface area contributed by atoms with Gasteiger partial charge in [0.25, 0.3) is 5.92 Å². The molecule has 0 aromatic carbocycles. The van der Waals surface area contributed by atoms with Crippen LogP contribution in [0.25, 0.3) is 0 Å². The summed E-state index contributed by atoms with van der Waals surface area (Å²) in [7, 11) is 0. The topological polar surface area (TPSA) is 19.4 Å². The fraction of sp³-hybridized carbons (Fsp3) is 0.500. The maximum Gasteiger partial charge on any atom is 0.257 e. The van der Waals surface area contributed by atoms with Crippen LogP contribution in [0, 0.1) is 5.41 Å². The highest BCUT2D eigenvalue weighted by Gasteiger charge is 2.59. The van der Waals surface area contributed by atoms with Crippen molar-refractivity contribution in [1.29, 1.82) is 0 Å². The molecule has 2 aromatic heterocycles. The van der Waals surface area contributed by atoms with E-state index in [4.69, 9.17) is 0 Å². The Labute approximate surface area is 144 Å². The molecule has 0 bridgehead atoms. The summed E-state index contributed by atoms with van der Waals surface area (Å²) < 4.78 is 29.7. The molecule has 3 nitrogen and oxygen atoms in total. The zero-order chi connectivity index (χ0) is 16.6. The minimum Gasteiger partial charge on any atom is -0.369 e. The Bertz CT molecular complexity index is 677. The molecule has 2 aliphatic heterocycles. The van der Waals surface area contributed by atoms with Crippen LogP contribution in [0.4, 0.5) is 14.5 Å². The molecule has 1 atom stereocenters. The molecule has 0 N–H and O–H groups in total. The molecule has 0 radical (unpaired) electrons. The molecular formula is C18H21F2N3S. The van der Waals surface area contributed by atoms with Crippen LogP contribution in [0.1, 0.15) is 18.4 Å². The second-order valence-corrected chi connectivity index (χ2v) is 7.74. The summed E-state index contributed by atoms with van der Waals surface area (Å²) in [6, 6.07) is 5.90. The van der Waals surface area contributed by atoms with E-state index in [2.05, 4.69) is 26.2 Å². The highest BCUT2D eigenvalue weighted by Crippen LogP contribution is 2.50. The monoisotopic (exact) mass is 349 g/mol. The lowest BCUT2D eigenvalue weighted by molar-refractivity contribution is -0.158. The molecular weight excluding hydrogens is 328 g/mol. The van der Waals surface area contributed by atoms with Crippen LogP contribution >= 0.6 is 11.3 Å². The van der Waals surface area contributed by atoms with Gasteiger partial charge in [0.15, 0.2) is 0 Å². The number of thiophene rings is 1. The lowest BCUT2D eigenvalue weighted by Crippen LogP contribution is -2.56. The van der Waals surface area contributed by atoms with Gasteiger partial charge < -0.3 is 4.90 Å². The summed E-state index contributed by atoms with van der Waals surface area (Å²) >= 11 is 1.66. The Morgan fingerprint density at radius 2 is 2.08 bits per heavy atom. The molecule has 2 fully saturated rings. The van der Waals surface area contributed by atoms with Gasteiger partial charge in [0.1, 0.15) is 0 Å². The largest absolute Gasteiger partial charge is 0.369 e. The van der Waals surface area contributed by atoms with Crippen molar-refractivity contribution in [2.24, 2.45) is 5.41 Å². The third kappa shape index (κ3) is 2.82. The average molecular weight is 349 g/mol. The van der Waals surface area contributed by atoms with Gasteiger partial charge in [-0.1, -0.05) is 0 Å².